The zero-order chi connectivity index (χ0) is 19.9. The Hall–Kier alpha value is -3.60. The lowest BCUT2D eigenvalue weighted by atomic mass is 9.96. The summed E-state index contributed by atoms with van der Waals surface area (Å²) in [7, 11) is 0. The van der Waals surface area contributed by atoms with Crippen LogP contribution in [-0.4, -0.2) is 23.6 Å². The van der Waals surface area contributed by atoms with E-state index in [-0.39, 0.29) is 24.1 Å². The average Bonchev–Trinajstić information content (AvgIpc) is 2.74. The summed E-state index contributed by atoms with van der Waals surface area (Å²) in [6.45, 7) is 2.10. The number of nitrogens with one attached hydrogen (secondary N) is 1. The van der Waals surface area contributed by atoms with E-state index in [1.807, 2.05) is 43.3 Å². The number of aromatic hydroxyl groups is 1. The van der Waals surface area contributed by atoms with Crippen molar-refractivity contribution in [2.75, 3.05) is 11.9 Å². The Morgan fingerprint density at radius 3 is 2.32 bits per heavy atom. The van der Waals surface area contributed by atoms with Crippen LogP contribution in [-0.2, 0) is 4.74 Å². The third-order valence-electron chi connectivity index (χ3n) is 4.33. The SMILES string of the molecule is C[C@H](COC(=O)Nc1ccc(O)cc1)c1cccc(C(=O)c2ccccc2)c1. The lowest BCUT2D eigenvalue weighted by Crippen LogP contribution is -2.17. The molecule has 0 aliphatic carbocycles. The van der Waals surface area contributed by atoms with Crippen LogP contribution in [0.25, 0.3) is 0 Å². The number of ketones is 1. The zero-order valence-electron chi connectivity index (χ0n) is 15.5. The van der Waals surface area contributed by atoms with Crippen molar-refractivity contribution in [1.29, 1.82) is 0 Å². The molecule has 0 bridgehead atoms. The molecule has 0 aliphatic heterocycles. The van der Waals surface area contributed by atoms with Gasteiger partial charge < -0.3 is 9.84 Å². The Kier molecular flexibility index (Phi) is 6.07. The van der Waals surface area contributed by atoms with Gasteiger partial charge >= 0.3 is 6.09 Å². The van der Waals surface area contributed by atoms with Gasteiger partial charge in [-0.2, -0.15) is 0 Å². The van der Waals surface area contributed by atoms with Crippen molar-refractivity contribution in [1.82, 2.24) is 0 Å². The first-order chi connectivity index (χ1) is 13.5. The number of hydrogen-bond donors (Lipinski definition) is 2. The van der Waals surface area contributed by atoms with Crippen molar-refractivity contribution < 1.29 is 19.4 Å². The lowest BCUT2D eigenvalue weighted by Gasteiger charge is -2.14. The van der Waals surface area contributed by atoms with Gasteiger partial charge in [0.15, 0.2) is 5.78 Å². The maximum Gasteiger partial charge on any atom is 0.411 e. The number of carbonyl (C=O) groups is 2. The maximum atomic E-state index is 12.6. The van der Waals surface area contributed by atoms with Crippen LogP contribution in [0.2, 0.25) is 0 Å². The molecule has 2 N–H and O–H groups in total. The highest BCUT2D eigenvalue weighted by atomic mass is 16.5. The highest BCUT2D eigenvalue weighted by Crippen LogP contribution is 2.20. The summed E-state index contributed by atoms with van der Waals surface area (Å²) >= 11 is 0. The van der Waals surface area contributed by atoms with Gasteiger partial charge in [0, 0.05) is 22.7 Å². The van der Waals surface area contributed by atoms with Crippen molar-refractivity contribution in [3.05, 3.63) is 95.6 Å². The Morgan fingerprint density at radius 2 is 1.61 bits per heavy atom. The van der Waals surface area contributed by atoms with Crippen molar-refractivity contribution in [2.24, 2.45) is 0 Å². The van der Waals surface area contributed by atoms with Crippen LogP contribution >= 0.6 is 0 Å². The second-order valence-corrected chi connectivity index (χ2v) is 6.49. The Bertz CT molecular complexity index is 952. The summed E-state index contributed by atoms with van der Waals surface area (Å²) in [5, 5.41) is 11.9. The fraction of sp³-hybridized carbons (Fsp3) is 0.130. The number of ether oxygens (including phenoxy) is 1. The van der Waals surface area contributed by atoms with E-state index in [1.54, 1.807) is 30.3 Å². The van der Waals surface area contributed by atoms with Gasteiger partial charge in [-0.25, -0.2) is 4.79 Å². The molecular weight excluding hydrogens is 354 g/mol. The normalized spacial score (nSPS) is 11.5. The number of phenolic OH excluding ortho intramolecular Hbond substituents is 1. The van der Waals surface area contributed by atoms with Crippen LogP contribution in [0.1, 0.15) is 34.3 Å². The van der Waals surface area contributed by atoms with Gasteiger partial charge in [-0.05, 0) is 35.9 Å². The first-order valence-corrected chi connectivity index (χ1v) is 8.95. The summed E-state index contributed by atoms with van der Waals surface area (Å²) in [4.78, 5) is 24.5. The van der Waals surface area contributed by atoms with E-state index in [0.717, 1.165) is 5.56 Å². The topological polar surface area (TPSA) is 75.6 Å². The Morgan fingerprint density at radius 1 is 0.929 bits per heavy atom. The molecule has 0 saturated carbocycles. The fourth-order valence-corrected chi connectivity index (χ4v) is 2.74. The van der Waals surface area contributed by atoms with Crippen molar-refractivity contribution in [3.8, 4) is 5.75 Å². The molecule has 3 aromatic rings. The number of benzene rings is 3. The highest BCUT2D eigenvalue weighted by Gasteiger charge is 2.13. The van der Waals surface area contributed by atoms with E-state index >= 15 is 0 Å². The monoisotopic (exact) mass is 375 g/mol. The van der Waals surface area contributed by atoms with Crippen molar-refractivity contribution in [2.45, 2.75) is 12.8 Å². The zero-order valence-corrected chi connectivity index (χ0v) is 15.5. The van der Waals surface area contributed by atoms with Crippen LogP contribution in [0.3, 0.4) is 0 Å². The molecule has 5 heteroatoms. The lowest BCUT2D eigenvalue weighted by molar-refractivity contribution is 0.103. The van der Waals surface area contributed by atoms with Gasteiger partial charge in [0.2, 0.25) is 0 Å². The van der Waals surface area contributed by atoms with E-state index in [0.29, 0.717) is 16.8 Å². The van der Waals surface area contributed by atoms with E-state index in [9.17, 15) is 14.7 Å². The molecule has 0 aromatic heterocycles. The first kappa shape index (κ1) is 19.2. The van der Waals surface area contributed by atoms with E-state index in [2.05, 4.69) is 5.32 Å². The third-order valence-corrected chi connectivity index (χ3v) is 4.33. The molecule has 0 spiro atoms. The van der Waals surface area contributed by atoms with Crippen LogP contribution in [0.4, 0.5) is 10.5 Å². The molecule has 0 aliphatic rings. The van der Waals surface area contributed by atoms with Gasteiger partial charge in [0.1, 0.15) is 5.75 Å². The van der Waals surface area contributed by atoms with E-state index in [4.69, 9.17) is 4.74 Å². The smallest absolute Gasteiger partial charge is 0.411 e. The Balaban J connectivity index is 1.60. The predicted octanol–water partition coefficient (Wildman–Crippen LogP) is 4.98. The predicted molar refractivity (Wildman–Crippen MR) is 108 cm³/mol. The molecule has 3 rings (SSSR count). The quantitative estimate of drug-likeness (QED) is 0.471. The molecule has 0 saturated heterocycles. The van der Waals surface area contributed by atoms with Gasteiger partial charge in [-0.1, -0.05) is 55.5 Å². The molecule has 5 nitrogen and oxygen atoms in total. The molecule has 3 aromatic carbocycles. The van der Waals surface area contributed by atoms with Crippen LogP contribution in [0, 0.1) is 0 Å². The van der Waals surface area contributed by atoms with Gasteiger partial charge in [0.25, 0.3) is 0 Å². The summed E-state index contributed by atoms with van der Waals surface area (Å²) in [6, 6.07) is 22.6. The summed E-state index contributed by atoms with van der Waals surface area (Å²) in [6.07, 6.45) is -0.575. The largest absolute Gasteiger partial charge is 0.508 e. The molecule has 1 atom stereocenters. The number of anilines is 1. The number of phenols is 1. The molecule has 142 valence electrons. The second-order valence-electron chi connectivity index (χ2n) is 6.49. The first-order valence-electron chi connectivity index (χ1n) is 8.95. The maximum absolute atomic E-state index is 12.6. The van der Waals surface area contributed by atoms with Crippen LogP contribution in [0.5, 0.6) is 5.75 Å². The molecule has 0 unspecified atom stereocenters. The molecule has 0 radical (unpaired) electrons. The average molecular weight is 375 g/mol. The molecule has 28 heavy (non-hydrogen) atoms. The summed E-state index contributed by atoms with van der Waals surface area (Å²) in [5.74, 6) is 0.00667. The number of amides is 1. The van der Waals surface area contributed by atoms with Gasteiger partial charge in [-0.3, -0.25) is 10.1 Å². The minimum absolute atomic E-state index is 0.0411. The summed E-state index contributed by atoms with van der Waals surface area (Å²) in [5.41, 5.74) is 2.69. The van der Waals surface area contributed by atoms with Crippen LogP contribution < -0.4 is 5.32 Å². The molecule has 0 fully saturated rings. The standard InChI is InChI=1S/C23H21NO4/c1-16(15-28-23(27)24-20-10-12-21(25)13-11-20)18-8-5-9-19(14-18)22(26)17-6-3-2-4-7-17/h2-14,16,25H,15H2,1H3,(H,24,27)/t16-/m1/s1. The fourth-order valence-electron chi connectivity index (χ4n) is 2.74. The Labute approximate surface area is 163 Å². The molecule has 0 heterocycles. The van der Waals surface area contributed by atoms with Gasteiger partial charge in [-0.15, -0.1) is 0 Å². The van der Waals surface area contributed by atoms with E-state index in [1.165, 1.54) is 12.1 Å². The molecular formula is C23H21NO4. The number of hydrogen-bond acceptors (Lipinski definition) is 4. The minimum atomic E-state index is -0.575. The van der Waals surface area contributed by atoms with Crippen molar-refractivity contribution in [3.63, 3.8) is 0 Å². The van der Waals surface area contributed by atoms with Crippen molar-refractivity contribution >= 4 is 17.6 Å². The molecule has 1 amide bonds. The number of rotatable bonds is 6. The van der Waals surface area contributed by atoms with Crippen LogP contribution in [0.15, 0.2) is 78.9 Å². The minimum Gasteiger partial charge on any atom is -0.508 e. The van der Waals surface area contributed by atoms with E-state index < -0.39 is 6.09 Å². The van der Waals surface area contributed by atoms with Gasteiger partial charge in [0.05, 0.1) is 6.61 Å². The number of carbonyl (C=O) groups excluding carboxylic acids is 2. The third kappa shape index (κ3) is 4.98. The highest BCUT2D eigenvalue weighted by molar-refractivity contribution is 6.09. The summed E-state index contributed by atoms with van der Waals surface area (Å²) < 4.78 is 5.28. The second kappa shape index (κ2) is 8.86.